The summed E-state index contributed by atoms with van der Waals surface area (Å²) in [6.07, 6.45) is 0. The molecule has 2 atom stereocenters. The predicted molar refractivity (Wildman–Crippen MR) is 81.4 cm³/mol. The van der Waals surface area contributed by atoms with Gasteiger partial charge in [0, 0.05) is 21.6 Å². The van der Waals surface area contributed by atoms with Crippen molar-refractivity contribution in [3.05, 3.63) is 64.7 Å². The molecule has 19 heavy (non-hydrogen) atoms. The quantitative estimate of drug-likeness (QED) is 0.668. The summed E-state index contributed by atoms with van der Waals surface area (Å²) in [6.45, 7) is 0. The number of hydrogen-bond donors (Lipinski definition) is 2. The van der Waals surface area contributed by atoms with Crippen LogP contribution in [0.2, 0.25) is 5.02 Å². The SMILES string of the molecule is NNC(c1cccc(Cl)c1)C1CSc2ccccc21. The summed E-state index contributed by atoms with van der Waals surface area (Å²) in [7, 11) is 0. The average Bonchev–Trinajstić information content (AvgIpc) is 2.84. The van der Waals surface area contributed by atoms with Crippen LogP contribution in [0.25, 0.3) is 0 Å². The summed E-state index contributed by atoms with van der Waals surface area (Å²) < 4.78 is 0. The van der Waals surface area contributed by atoms with Crippen LogP contribution in [0.4, 0.5) is 0 Å². The molecule has 1 aliphatic rings. The number of fused-ring (bicyclic) bond motifs is 1. The molecule has 0 spiro atoms. The first-order valence-corrected chi connectivity index (χ1v) is 7.59. The number of halogens is 1. The fraction of sp³-hybridized carbons (Fsp3) is 0.200. The second-order valence-electron chi connectivity index (χ2n) is 4.65. The van der Waals surface area contributed by atoms with E-state index in [1.54, 1.807) is 0 Å². The number of thioether (sulfide) groups is 1. The van der Waals surface area contributed by atoms with E-state index < -0.39 is 0 Å². The van der Waals surface area contributed by atoms with Crippen molar-refractivity contribution in [3.8, 4) is 0 Å². The Kier molecular flexibility index (Phi) is 3.80. The predicted octanol–water partition coefficient (Wildman–Crippen LogP) is 3.73. The fourth-order valence-corrected chi connectivity index (χ4v) is 4.10. The van der Waals surface area contributed by atoms with Crippen LogP contribution >= 0.6 is 23.4 Å². The van der Waals surface area contributed by atoms with Crippen molar-refractivity contribution in [2.24, 2.45) is 5.84 Å². The van der Waals surface area contributed by atoms with Gasteiger partial charge >= 0.3 is 0 Å². The lowest BCUT2D eigenvalue weighted by Crippen LogP contribution is -2.32. The molecule has 0 radical (unpaired) electrons. The smallest absolute Gasteiger partial charge is 0.0537 e. The number of hydrogen-bond acceptors (Lipinski definition) is 3. The normalized spacial score (nSPS) is 19.2. The van der Waals surface area contributed by atoms with Crippen molar-refractivity contribution in [1.29, 1.82) is 0 Å². The van der Waals surface area contributed by atoms with Crippen LogP contribution in [0, 0.1) is 0 Å². The highest BCUT2D eigenvalue weighted by atomic mass is 35.5. The van der Waals surface area contributed by atoms with Crippen LogP contribution < -0.4 is 11.3 Å². The third-order valence-electron chi connectivity index (χ3n) is 3.53. The van der Waals surface area contributed by atoms with Crippen LogP contribution in [0.3, 0.4) is 0 Å². The van der Waals surface area contributed by atoms with E-state index in [0.29, 0.717) is 5.92 Å². The van der Waals surface area contributed by atoms with Gasteiger partial charge in [0.2, 0.25) is 0 Å². The van der Waals surface area contributed by atoms with E-state index >= 15 is 0 Å². The first kappa shape index (κ1) is 13.0. The first-order valence-electron chi connectivity index (χ1n) is 6.23. The highest BCUT2D eigenvalue weighted by Gasteiger charge is 2.30. The zero-order valence-corrected chi connectivity index (χ0v) is 11.9. The highest BCUT2D eigenvalue weighted by molar-refractivity contribution is 7.99. The van der Waals surface area contributed by atoms with Crippen LogP contribution in [-0.2, 0) is 0 Å². The zero-order chi connectivity index (χ0) is 13.2. The summed E-state index contributed by atoms with van der Waals surface area (Å²) in [4.78, 5) is 1.36. The van der Waals surface area contributed by atoms with E-state index in [-0.39, 0.29) is 6.04 Å². The standard InChI is InChI=1S/C15H15ClN2S/c16-11-5-3-4-10(8-11)15(18-17)13-9-19-14-7-2-1-6-12(13)14/h1-8,13,15,18H,9,17H2. The van der Waals surface area contributed by atoms with Crippen LogP contribution in [0.5, 0.6) is 0 Å². The minimum Gasteiger partial charge on any atom is -0.271 e. The van der Waals surface area contributed by atoms with Crippen molar-refractivity contribution in [1.82, 2.24) is 5.43 Å². The van der Waals surface area contributed by atoms with Gasteiger partial charge in [0.25, 0.3) is 0 Å². The monoisotopic (exact) mass is 290 g/mol. The molecule has 1 heterocycles. The Morgan fingerprint density at radius 1 is 1.21 bits per heavy atom. The van der Waals surface area contributed by atoms with Crippen molar-refractivity contribution in [2.75, 3.05) is 5.75 Å². The van der Waals surface area contributed by atoms with E-state index in [0.717, 1.165) is 16.3 Å². The zero-order valence-electron chi connectivity index (χ0n) is 10.3. The van der Waals surface area contributed by atoms with E-state index in [4.69, 9.17) is 17.4 Å². The Morgan fingerprint density at radius 3 is 2.84 bits per heavy atom. The molecular weight excluding hydrogens is 276 g/mol. The van der Waals surface area contributed by atoms with Crippen molar-refractivity contribution >= 4 is 23.4 Å². The molecule has 0 aromatic heterocycles. The molecule has 0 saturated heterocycles. The molecule has 2 aromatic carbocycles. The molecule has 2 unspecified atom stereocenters. The lowest BCUT2D eigenvalue weighted by molar-refractivity contribution is 0.485. The summed E-state index contributed by atoms with van der Waals surface area (Å²) in [5, 5.41) is 0.747. The second-order valence-corrected chi connectivity index (χ2v) is 6.15. The number of rotatable bonds is 3. The van der Waals surface area contributed by atoms with Gasteiger partial charge in [-0.3, -0.25) is 11.3 Å². The van der Waals surface area contributed by atoms with Gasteiger partial charge in [-0.25, -0.2) is 0 Å². The van der Waals surface area contributed by atoms with Gasteiger partial charge in [-0.1, -0.05) is 41.9 Å². The number of hydrazine groups is 1. The Hall–Kier alpha value is -1.00. The summed E-state index contributed by atoms with van der Waals surface area (Å²) in [5.41, 5.74) is 5.46. The molecule has 0 bridgehead atoms. The minimum atomic E-state index is 0.0925. The molecule has 4 heteroatoms. The van der Waals surface area contributed by atoms with Crippen LogP contribution in [0.1, 0.15) is 23.1 Å². The number of nitrogens with two attached hydrogens (primary N) is 1. The third kappa shape index (κ3) is 2.51. The van der Waals surface area contributed by atoms with Gasteiger partial charge in [0.1, 0.15) is 0 Å². The molecule has 0 amide bonds. The Labute approximate surface area is 122 Å². The fourth-order valence-electron chi connectivity index (χ4n) is 2.61. The maximum atomic E-state index is 6.08. The molecule has 0 fully saturated rings. The summed E-state index contributed by atoms with van der Waals surface area (Å²) in [6, 6.07) is 16.5. The van der Waals surface area contributed by atoms with Crippen molar-refractivity contribution < 1.29 is 0 Å². The second kappa shape index (κ2) is 5.55. The molecule has 2 nitrogen and oxygen atoms in total. The first-order chi connectivity index (χ1) is 9.29. The van der Waals surface area contributed by atoms with E-state index in [2.05, 4.69) is 35.8 Å². The topological polar surface area (TPSA) is 38.0 Å². The van der Waals surface area contributed by atoms with E-state index in [1.165, 1.54) is 10.5 Å². The molecular formula is C15H15ClN2S. The van der Waals surface area contributed by atoms with Crippen molar-refractivity contribution in [2.45, 2.75) is 16.9 Å². The van der Waals surface area contributed by atoms with Gasteiger partial charge in [0.05, 0.1) is 6.04 Å². The maximum Gasteiger partial charge on any atom is 0.0537 e. The largest absolute Gasteiger partial charge is 0.271 e. The summed E-state index contributed by atoms with van der Waals surface area (Å²) >= 11 is 7.97. The van der Waals surface area contributed by atoms with Gasteiger partial charge in [0.15, 0.2) is 0 Å². The number of nitrogens with one attached hydrogen (secondary N) is 1. The van der Waals surface area contributed by atoms with Crippen LogP contribution in [0.15, 0.2) is 53.4 Å². The molecule has 0 aliphatic carbocycles. The molecule has 2 aromatic rings. The van der Waals surface area contributed by atoms with Gasteiger partial charge < -0.3 is 0 Å². The Balaban J connectivity index is 1.96. The summed E-state index contributed by atoms with van der Waals surface area (Å²) in [5.74, 6) is 7.21. The Bertz CT molecular complexity index is 588. The maximum absolute atomic E-state index is 6.08. The average molecular weight is 291 g/mol. The molecule has 3 N–H and O–H groups in total. The van der Waals surface area contributed by atoms with Crippen LogP contribution in [-0.4, -0.2) is 5.75 Å². The lowest BCUT2D eigenvalue weighted by Gasteiger charge is -2.23. The molecule has 0 saturated carbocycles. The molecule has 98 valence electrons. The molecule has 1 aliphatic heterocycles. The van der Waals surface area contributed by atoms with E-state index in [9.17, 15) is 0 Å². The van der Waals surface area contributed by atoms with E-state index in [1.807, 2.05) is 30.0 Å². The number of benzene rings is 2. The van der Waals surface area contributed by atoms with Gasteiger partial charge in [-0.2, -0.15) is 0 Å². The molecule has 3 rings (SSSR count). The third-order valence-corrected chi connectivity index (χ3v) is 4.97. The van der Waals surface area contributed by atoms with Gasteiger partial charge in [-0.05, 0) is 29.3 Å². The highest BCUT2D eigenvalue weighted by Crippen LogP contribution is 2.45. The minimum absolute atomic E-state index is 0.0925. The Morgan fingerprint density at radius 2 is 2.05 bits per heavy atom. The lowest BCUT2D eigenvalue weighted by atomic mass is 9.89. The van der Waals surface area contributed by atoms with Crippen molar-refractivity contribution in [3.63, 3.8) is 0 Å². The van der Waals surface area contributed by atoms with Gasteiger partial charge in [-0.15, -0.1) is 11.8 Å².